The quantitative estimate of drug-likeness (QED) is 0.186. The van der Waals surface area contributed by atoms with Crippen molar-refractivity contribution in [2.75, 3.05) is 21.3 Å². The molecule has 8 nitrogen and oxygen atoms in total. The minimum Gasteiger partial charge on any atom is -0.493 e. The van der Waals surface area contributed by atoms with Crippen molar-refractivity contribution in [3.05, 3.63) is 88.7 Å². The smallest absolute Gasteiger partial charge is 0.274 e. The van der Waals surface area contributed by atoms with Crippen molar-refractivity contribution in [1.82, 2.24) is 10.8 Å². The third-order valence-corrected chi connectivity index (χ3v) is 5.17. The first kappa shape index (κ1) is 25.3. The van der Waals surface area contributed by atoms with E-state index in [1.165, 1.54) is 57.7 Å². The highest BCUT2D eigenvalue weighted by molar-refractivity contribution is 6.24. The van der Waals surface area contributed by atoms with Crippen molar-refractivity contribution in [2.45, 2.75) is 6.54 Å². The number of halogens is 1. The molecule has 2 amide bonds. The number of hydroxylamine groups is 1. The Morgan fingerprint density at radius 2 is 1.46 bits per heavy atom. The monoisotopic (exact) mass is 480 g/mol. The molecule has 0 atom stereocenters. The molecule has 0 aliphatic rings. The van der Waals surface area contributed by atoms with Gasteiger partial charge in [-0.15, -0.1) is 0 Å². The van der Waals surface area contributed by atoms with Gasteiger partial charge in [-0.1, -0.05) is 24.3 Å². The number of nitrogens with one attached hydrogen (secondary N) is 2. The summed E-state index contributed by atoms with van der Waals surface area (Å²) in [4.78, 5) is 24.7. The van der Waals surface area contributed by atoms with Gasteiger partial charge in [-0.3, -0.25) is 14.8 Å². The van der Waals surface area contributed by atoms with Gasteiger partial charge in [0.1, 0.15) is 5.82 Å². The van der Waals surface area contributed by atoms with Crippen LogP contribution in [0, 0.1) is 5.82 Å². The molecule has 3 aromatic rings. The maximum absolute atomic E-state index is 13.5. The molecule has 0 bridgehead atoms. The Hall–Kier alpha value is -4.37. The van der Waals surface area contributed by atoms with Gasteiger partial charge in [0, 0.05) is 17.7 Å². The number of rotatable bonds is 9. The fraction of sp³-hybridized carbons (Fsp3) is 0.154. The number of amides is 2. The summed E-state index contributed by atoms with van der Waals surface area (Å²) in [6, 6.07) is 15.3. The number of hydrogen-bond acceptors (Lipinski definition) is 6. The minimum absolute atomic E-state index is 0.174. The molecule has 0 unspecified atom stereocenters. The van der Waals surface area contributed by atoms with E-state index in [0.717, 1.165) is 5.56 Å². The van der Waals surface area contributed by atoms with Crippen LogP contribution < -0.4 is 25.0 Å². The van der Waals surface area contributed by atoms with Gasteiger partial charge in [0.15, 0.2) is 11.5 Å². The Labute approximate surface area is 201 Å². The van der Waals surface area contributed by atoms with Crippen LogP contribution in [0.1, 0.15) is 27.0 Å². The Morgan fingerprint density at radius 3 is 1.97 bits per heavy atom. The maximum atomic E-state index is 13.5. The summed E-state index contributed by atoms with van der Waals surface area (Å²) in [5, 5.41) is 11.6. The molecule has 0 aliphatic heterocycles. The van der Waals surface area contributed by atoms with Crippen LogP contribution in [0.5, 0.6) is 17.2 Å². The molecule has 3 aromatic carbocycles. The molecule has 0 saturated carbocycles. The van der Waals surface area contributed by atoms with E-state index in [9.17, 15) is 14.0 Å². The highest BCUT2D eigenvalue weighted by Gasteiger charge is 2.16. The molecule has 35 heavy (non-hydrogen) atoms. The van der Waals surface area contributed by atoms with Crippen molar-refractivity contribution in [2.24, 2.45) is 0 Å². The van der Waals surface area contributed by atoms with Crippen LogP contribution >= 0.6 is 0 Å². The van der Waals surface area contributed by atoms with Gasteiger partial charge >= 0.3 is 0 Å². The number of ether oxygens (including phenoxy) is 3. The fourth-order valence-electron chi connectivity index (χ4n) is 3.38. The summed E-state index contributed by atoms with van der Waals surface area (Å²) in [6.45, 7) is 0.174. The first-order valence-corrected chi connectivity index (χ1v) is 10.5. The van der Waals surface area contributed by atoms with E-state index < -0.39 is 17.6 Å². The van der Waals surface area contributed by atoms with E-state index in [2.05, 4.69) is 5.32 Å². The second-order valence-corrected chi connectivity index (χ2v) is 7.34. The van der Waals surface area contributed by atoms with Crippen LogP contribution in [0.15, 0.2) is 60.7 Å². The predicted octanol–water partition coefficient (Wildman–Crippen LogP) is 3.83. The zero-order valence-corrected chi connectivity index (χ0v) is 19.4. The summed E-state index contributed by atoms with van der Waals surface area (Å²) in [6.07, 6.45) is 1.64. The highest BCUT2D eigenvalue weighted by atomic mass is 19.1. The molecule has 0 aliphatic carbocycles. The van der Waals surface area contributed by atoms with E-state index in [1.807, 2.05) is 0 Å². The topological polar surface area (TPSA) is 106 Å². The summed E-state index contributed by atoms with van der Waals surface area (Å²) in [5.74, 6) is -0.200. The molecule has 0 saturated heterocycles. The Bertz CT molecular complexity index is 1200. The van der Waals surface area contributed by atoms with Gasteiger partial charge in [-0.2, -0.15) is 0 Å². The lowest BCUT2D eigenvalue weighted by atomic mass is 10.0. The predicted molar refractivity (Wildman–Crippen MR) is 128 cm³/mol. The van der Waals surface area contributed by atoms with E-state index in [-0.39, 0.29) is 17.7 Å². The van der Waals surface area contributed by atoms with Crippen LogP contribution in [0.2, 0.25) is 0 Å². The average Bonchev–Trinajstić information content (AvgIpc) is 2.90. The third kappa shape index (κ3) is 6.15. The Kier molecular flexibility index (Phi) is 8.42. The van der Waals surface area contributed by atoms with E-state index in [0.29, 0.717) is 28.4 Å². The summed E-state index contributed by atoms with van der Waals surface area (Å²) in [7, 11) is 4.48. The lowest BCUT2D eigenvalue weighted by molar-refractivity contribution is -0.115. The van der Waals surface area contributed by atoms with Gasteiger partial charge < -0.3 is 19.5 Å². The Balaban J connectivity index is 1.93. The second-order valence-electron chi connectivity index (χ2n) is 7.34. The molecule has 0 heterocycles. The van der Waals surface area contributed by atoms with Crippen molar-refractivity contribution in [3.8, 4) is 17.2 Å². The van der Waals surface area contributed by atoms with Crippen LogP contribution in [-0.2, 0) is 11.3 Å². The largest absolute Gasteiger partial charge is 0.493 e. The zero-order valence-electron chi connectivity index (χ0n) is 19.4. The van der Waals surface area contributed by atoms with Crippen LogP contribution in [0.25, 0.3) is 11.6 Å². The first-order valence-electron chi connectivity index (χ1n) is 10.5. The van der Waals surface area contributed by atoms with E-state index in [4.69, 9.17) is 19.4 Å². The lowest BCUT2D eigenvalue weighted by Crippen LogP contribution is -2.24. The van der Waals surface area contributed by atoms with Crippen molar-refractivity contribution < 1.29 is 33.4 Å². The number of hydrogen-bond donors (Lipinski definition) is 3. The summed E-state index contributed by atoms with van der Waals surface area (Å²) in [5.41, 5.74) is 3.98. The lowest BCUT2D eigenvalue weighted by Gasteiger charge is -2.14. The third-order valence-electron chi connectivity index (χ3n) is 5.17. The van der Waals surface area contributed by atoms with Crippen LogP contribution in [0.3, 0.4) is 0 Å². The van der Waals surface area contributed by atoms with Gasteiger partial charge in [-0.05, 0) is 59.2 Å². The second kappa shape index (κ2) is 11.7. The Morgan fingerprint density at radius 1 is 0.886 bits per heavy atom. The van der Waals surface area contributed by atoms with Crippen LogP contribution in [-0.4, -0.2) is 38.4 Å². The van der Waals surface area contributed by atoms with E-state index in [1.54, 1.807) is 35.8 Å². The summed E-state index contributed by atoms with van der Waals surface area (Å²) < 4.78 is 29.7. The van der Waals surface area contributed by atoms with Gasteiger partial charge in [-0.25, -0.2) is 9.87 Å². The molecular formula is C26H25FN2O6. The molecule has 0 fully saturated rings. The maximum Gasteiger partial charge on any atom is 0.274 e. The minimum atomic E-state index is -0.632. The van der Waals surface area contributed by atoms with Crippen molar-refractivity contribution in [1.29, 1.82) is 0 Å². The molecule has 0 spiro atoms. The van der Waals surface area contributed by atoms with Crippen LogP contribution in [0.4, 0.5) is 4.39 Å². The molecule has 0 aromatic heterocycles. The van der Waals surface area contributed by atoms with Crippen molar-refractivity contribution >= 4 is 23.5 Å². The first-order chi connectivity index (χ1) is 16.9. The SMILES string of the molecule is COc1cc(C=C(C(=O)NCc2ccc(C(=O)NO)cc2)c2ccc(F)cc2)cc(OC)c1OC. The van der Waals surface area contributed by atoms with Gasteiger partial charge in [0.25, 0.3) is 11.8 Å². The molecule has 3 rings (SSSR count). The van der Waals surface area contributed by atoms with E-state index >= 15 is 0 Å². The molecule has 182 valence electrons. The highest BCUT2D eigenvalue weighted by Crippen LogP contribution is 2.39. The van der Waals surface area contributed by atoms with Crippen molar-refractivity contribution in [3.63, 3.8) is 0 Å². The van der Waals surface area contributed by atoms with Gasteiger partial charge in [0.05, 0.1) is 21.3 Å². The number of carbonyl (C=O) groups excluding carboxylic acids is 2. The molecule has 3 N–H and O–H groups in total. The number of carbonyl (C=O) groups is 2. The summed E-state index contributed by atoms with van der Waals surface area (Å²) >= 11 is 0. The zero-order chi connectivity index (χ0) is 25.4. The normalized spacial score (nSPS) is 10.9. The molecule has 0 radical (unpaired) electrons. The number of methoxy groups -OCH3 is 3. The molecule has 9 heteroatoms. The average molecular weight is 480 g/mol. The standard InChI is InChI=1S/C26H25FN2O6/c1-33-22-13-17(14-23(34-2)24(22)35-3)12-21(18-8-10-20(27)11-9-18)26(31)28-15-16-4-6-19(7-5-16)25(30)29-32/h4-14,32H,15H2,1-3H3,(H,28,31)(H,29,30). The van der Waals surface area contributed by atoms with Gasteiger partial charge in [0.2, 0.25) is 5.75 Å². The fourth-order valence-corrected chi connectivity index (χ4v) is 3.38. The molecular weight excluding hydrogens is 455 g/mol. The number of benzene rings is 3.